The maximum Gasteiger partial charge on any atom is 0.411 e. The Balaban J connectivity index is 1.06. The lowest BCUT2D eigenvalue weighted by Crippen LogP contribution is -2.54. The molecule has 3 fully saturated rings. The van der Waals surface area contributed by atoms with Crippen molar-refractivity contribution in [2.45, 2.75) is 69.1 Å². The van der Waals surface area contributed by atoms with Crippen LogP contribution in [0.2, 0.25) is 0 Å². The van der Waals surface area contributed by atoms with Crippen LogP contribution in [0.25, 0.3) is 0 Å². The van der Waals surface area contributed by atoms with Crippen molar-refractivity contribution >= 4 is 0 Å². The number of halogens is 14. The summed E-state index contributed by atoms with van der Waals surface area (Å²) in [5, 5.41) is 0. The number of alkyl halides is 6. The van der Waals surface area contributed by atoms with Gasteiger partial charge in [-0.25, -0.2) is 17.6 Å². The fourth-order valence-electron chi connectivity index (χ4n) is 9.90. The molecule has 0 saturated heterocycles. The van der Waals surface area contributed by atoms with Crippen LogP contribution in [0.4, 0.5) is 61.5 Å². The highest BCUT2D eigenvalue weighted by atomic mass is 19.4. The molecule has 8 rings (SSSR count). The molecule has 0 amide bonds. The fourth-order valence-corrected chi connectivity index (χ4v) is 9.90. The van der Waals surface area contributed by atoms with E-state index in [9.17, 15) is 26.3 Å². The maximum atomic E-state index is 15.1. The molecule has 0 aromatic heterocycles. The summed E-state index contributed by atoms with van der Waals surface area (Å²) in [7, 11) is 0. The van der Waals surface area contributed by atoms with Crippen LogP contribution < -0.4 is 9.47 Å². The molecule has 4 aliphatic carbocycles. The third kappa shape index (κ3) is 6.81. The predicted octanol–water partition coefficient (Wildman–Crippen LogP) is 13.5. The van der Waals surface area contributed by atoms with E-state index in [2.05, 4.69) is 0 Å². The molecule has 0 aliphatic heterocycles. The van der Waals surface area contributed by atoms with Crippen LogP contribution in [0, 0.1) is 82.0 Å². The van der Waals surface area contributed by atoms with Gasteiger partial charge in [-0.2, -0.15) is 43.9 Å². The first-order valence-corrected chi connectivity index (χ1v) is 18.9. The first-order valence-electron chi connectivity index (χ1n) is 18.9. The first kappa shape index (κ1) is 41.0. The van der Waals surface area contributed by atoms with Gasteiger partial charge in [-0.1, -0.05) is 42.8 Å². The van der Waals surface area contributed by atoms with Crippen molar-refractivity contribution in [1.29, 1.82) is 0 Å². The Morgan fingerprint density at radius 2 is 0.915 bits per heavy atom. The fraction of sp³-hybridized carbons (Fsp3) is 0.395. The van der Waals surface area contributed by atoms with Gasteiger partial charge in [0.15, 0.2) is 23.3 Å². The Labute approximate surface area is 327 Å². The molecule has 4 aromatic rings. The van der Waals surface area contributed by atoms with E-state index in [1.54, 1.807) is 0 Å². The molecule has 4 aromatic carbocycles. The highest BCUT2D eigenvalue weighted by molar-refractivity contribution is 5.49. The summed E-state index contributed by atoms with van der Waals surface area (Å²) in [6.07, 6.45) is -4.53. The van der Waals surface area contributed by atoms with E-state index in [1.165, 1.54) is 0 Å². The Morgan fingerprint density at radius 1 is 0.475 bits per heavy atom. The third-order valence-electron chi connectivity index (χ3n) is 12.7. The second-order valence-corrected chi connectivity index (χ2v) is 16.0. The number of allylic oxidation sites excluding steroid dienone is 2. The summed E-state index contributed by atoms with van der Waals surface area (Å²) in [6, 6.07) is 2.99. The van der Waals surface area contributed by atoms with E-state index in [0.29, 0.717) is 43.0 Å². The minimum Gasteiger partial charge on any atom is -0.451 e. The summed E-state index contributed by atoms with van der Waals surface area (Å²) in [6.45, 7) is 0. The van der Waals surface area contributed by atoms with Gasteiger partial charge in [0.1, 0.15) is 11.5 Å². The lowest BCUT2D eigenvalue weighted by atomic mass is 9.73. The Kier molecular flexibility index (Phi) is 10.3. The zero-order valence-electron chi connectivity index (χ0n) is 30.5. The molecular weight excluding hydrogens is 814 g/mol. The SMILES string of the molecule is Fc1c(F)c(Oc2ccc(C(c3ccc(Oc4c(F)c(F)c(CC5CC6CCC5C6)c(F)c4F)cc3)(C(F)(F)F)C(F)(F)F)cc2)c(F)c(F)c1CC1CC2C=CC1C2. The molecule has 2 nitrogen and oxygen atoms in total. The van der Waals surface area contributed by atoms with Crippen molar-refractivity contribution in [2.24, 2.45) is 35.5 Å². The molecule has 4 aliphatic rings. The molecule has 0 heterocycles. The van der Waals surface area contributed by atoms with Crippen molar-refractivity contribution in [2.75, 3.05) is 0 Å². The van der Waals surface area contributed by atoms with Crippen molar-refractivity contribution in [1.82, 2.24) is 0 Å². The lowest BCUT2D eigenvalue weighted by molar-refractivity contribution is -0.288. The Hall–Kier alpha value is -4.76. The van der Waals surface area contributed by atoms with E-state index in [4.69, 9.17) is 9.47 Å². The van der Waals surface area contributed by atoms with Gasteiger partial charge < -0.3 is 9.47 Å². The molecule has 0 N–H and O–H groups in total. The number of hydrogen-bond acceptors (Lipinski definition) is 2. The van der Waals surface area contributed by atoms with E-state index in [1.807, 2.05) is 12.2 Å². The number of fused-ring (bicyclic) bond motifs is 4. The molecular formula is C43H32F14O2. The first-order chi connectivity index (χ1) is 27.8. The van der Waals surface area contributed by atoms with Crippen LogP contribution in [-0.4, -0.2) is 12.4 Å². The quantitative estimate of drug-likeness (QED) is 0.0899. The molecule has 16 heteroatoms. The highest BCUT2D eigenvalue weighted by Gasteiger charge is 2.72. The largest absolute Gasteiger partial charge is 0.451 e. The van der Waals surface area contributed by atoms with E-state index in [0.717, 1.165) is 25.7 Å². The average molecular weight is 847 g/mol. The predicted molar refractivity (Wildman–Crippen MR) is 184 cm³/mol. The zero-order chi connectivity index (χ0) is 42.3. The average Bonchev–Trinajstić information content (AvgIpc) is 4.01. The van der Waals surface area contributed by atoms with Crippen LogP contribution in [0.3, 0.4) is 0 Å². The Morgan fingerprint density at radius 3 is 1.25 bits per heavy atom. The van der Waals surface area contributed by atoms with Gasteiger partial charge in [0.2, 0.25) is 40.2 Å². The zero-order valence-corrected chi connectivity index (χ0v) is 30.5. The molecule has 3 saturated carbocycles. The van der Waals surface area contributed by atoms with Gasteiger partial charge in [-0.15, -0.1) is 0 Å². The minimum absolute atomic E-state index is 0.0270. The number of hydrogen-bond donors (Lipinski definition) is 0. The van der Waals surface area contributed by atoms with Crippen LogP contribution in [-0.2, 0) is 18.3 Å². The van der Waals surface area contributed by atoms with Gasteiger partial charge in [-0.05, 0) is 116 Å². The van der Waals surface area contributed by atoms with E-state index < -0.39 is 110 Å². The van der Waals surface area contributed by atoms with Gasteiger partial charge in [0.25, 0.3) is 0 Å². The smallest absolute Gasteiger partial charge is 0.411 e. The van der Waals surface area contributed by atoms with Crippen molar-refractivity contribution < 1.29 is 70.9 Å². The summed E-state index contributed by atoms with van der Waals surface area (Å²) in [5.41, 5.74) is -9.53. The van der Waals surface area contributed by atoms with Crippen molar-refractivity contribution in [3.05, 3.63) is 129 Å². The molecule has 6 atom stereocenters. The number of benzene rings is 4. The normalized spacial score (nSPS) is 23.8. The maximum absolute atomic E-state index is 15.1. The molecule has 59 heavy (non-hydrogen) atoms. The second kappa shape index (κ2) is 14.8. The van der Waals surface area contributed by atoms with Crippen LogP contribution in [0.5, 0.6) is 23.0 Å². The van der Waals surface area contributed by atoms with Crippen LogP contribution in [0.1, 0.15) is 60.8 Å². The summed E-state index contributed by atoms with van der Waals surface area (Å²) in [5.74, 6) is -19.4. The lowest BCUT2D eigenvalue weighted by Gasteiger charge is -2.38. The van der Waals surface area contributed by atoms with E-state index >= 15 is 35.1 Å². The van der Waals surface area contributed by atoms with Gasteiger partial charge in [-0.3, -0.25) is 0 Å². The monoisotopic (exact) mass is 846 g/mol. The molecule has 314 valence electrons. The number of ether oxygens (including phenoxy) is 2. The van der Waals surface area contributed by atoms with Crippen LogP contribution >= 0.6 is 0 Å². The van der Waals surface area contributed by atoms with E-state index in [-0.39, 0.29) is 66.7 Å². The second-order valence-electron chi connectivity index (χ2n) is 16.0. The van der Waals surface area contributed by atoms with Crippen molar-refractivity contribution in [3.8, 4) is 23.0 Å². The molecule has 0 radical (unpaired) electrons. The number of rotatable bonds is 10. The standard InChI is InChI=1S/C43H32F14O2/c44-31-29(17-23-15-19-1-3-21(23)13-19)32(45)36(49)39(35(31)48)58-27-9-5-25(6-10-27)41(42(52,53)54,43(55,56)57)26-7-11-28(12-8-26)59-40-37(50)33(46)30(34(47)38(40)51)18-24-16-20-2-4-22(24)14-20/h1,3,5-12,19-24H,2,4,13-18H2. The highest BCUT2D eigenvalue weighted by Crippen LogP contribution is 2.57. The topological polar surface area (TPSA) is 18.5 Å². The summed E-state index contributed by atoms with van der Waals surface area (Å²) >= 11 is 0. The van der Waals surface area contributed by atoms with Crippen molar-refractivity contribution in [3.63, 3.8) is 0 Å². The summed E-state index contributed by atoms with van der Waals surface area (Å²) < 4.78 is 220. The molecule has 0 spiro atoms. The van der Waals surface area contributed by atoms with Gasteiger partial charge in [0, 0.05) is 11.1 Å². The van der Waals surface area contributed by atoms with Gasteiger partial charge >= 0.3 is 12.4 Å². The third-order valence-corrected chi connectivity index (χ3v) is 12.7. The molecule has 6 unspecified atom stereocenters. The van der Waals surface area contributed by atoms with Gasteiger partial charge in [0.05, 0.1) is 0 Å². The Bertz CT molecular complexity index is 2230. The van der Waals surface area contributed by atoms with Crippen LogP contribution in [0.15, 0.2) is 60.7 Å². The minimum atomic E-state index is -6.16. The molecule has 4 bridgehead atoms. The summed E-state index contributed by atoms with van der Waals surface area (Å²) in [4.78, 5) is 0.